The van der Waals surface area contributed by atoms with Crippen LogP contribution < -0.4 is 15.9 Å². The molecular weight excluding hydrogens is 394 g/mol. The first-order chi connectivity index (χ1) is 15.0. The fourth-order valence-corrected chi connectivity index (χ4v) is 3.88. The smallest absolute Gasteiger partial charge is 0.271 e. The lowest BCUT2D eigenvalue weighted by Gasteiger charge is -2.21. The van der Waals surface area contributed by atoms with Crippen molar-refractivity contribution in [1.29, 1.82) is 0 Å². The van der Waals surface area contributed by atoms with Gasteiger partial charge in [-0.1, -0.05) is 0 Å². The lowest BCUT2D eigenvalue weighted by Crippen LogP contribution is -2.22. The molecule has 0 unspecified atom stereocenters. The van der Waals surface area contributed by atoms with E-state index in [0.717, 1.165) is 37.4 Å². The maximum Gasteiger partial charge on any atom is 0.271 e. The highest BCUT2D eigenvalue weighted by Gasteiger charge is 2.17. The van der Waals surface area contributed by atoms with Gasteiger partial charge in [-0.15, -0.1) is 0 Å². The van der Waals surface area contributed by atoms with Crippen molar-refractivity contribution in [2.75, 3.05) is 18.0 Å². The second-order valence-electron chi connectivity index (χ2n) is 7.43. The Morgan fingerprint density at radius 2 is 2.06 bits per heavy atom. The van der Waals surface area contributed by atoms with Crippen molar-refractivity contribution in [2.45, 2.75) is 33.2 Å². The van der Waals surface area contributed by atoms with Crippen LogP contribution in [0.5, 0.6) is 5.75 Å². The van der Waals surface area contributed by atoms with Crippen molar-refractivity contribution in [2.24, 2.45) is 5.10 Å². The highest BCUT2D eigenvalue weighted by Crippen LogP contribution is 2.23. The van der Waals surface area contributed by atoms with Crippen LogP contribution in [0.2, 0.25) is 0 Å². The highest BCUT2D eigenvalue weighted by molar-refractivity contribution is 5.98. The molecule has 0 atom stereocenters. The summed E-state index contributed by atoms with van der Waals surface area (Å²) in [4.78, 5) is 31.7. The van der Waals surface area contributed by atoms with E-state index in [4.69, 9.17) is 0 Å². The standard InChI is InChI=1S/C23H25N5O3/c1-3-27(4-2)17-9-7-16(20(29)13-17)14-24-26-22(30)15-8-10-18-19(12-15)25-21-6-5-11-28(21)23(18)31/h7-10,12-14,29H,3-6,11H2,1-2H3,(H,26,30)/b24-14+. The van der Waals surface area contributed by atoms with Crippen LogP contribution in [0.25, 0.3) is 10.9 Å². The number of aromatic nitrogens is 2. The molecule has 0 bridgehead atoms. The van der Waals surface area contributed by atoms with Gasteiger partial charge < -0.3 is 10.0 Å². The molecule has 0 aliphatic carbocycles. The number of rotatable bonds is 6. The number of nitrogens with zero attached hydrogens (tertiary/aromatic N) is 4. The second kappa shape index (κ2) is 8.59. The summed E-state index contributed by atoms with van der Waals surface area (Å²) in [5.41, 5.74) is 4.70. The van der Waals surface area contributed by atoms with Crippen LogP contribution in [0.4, 0.5) is 5.69 Å². The number of carbonyl (C=O) groups excluding carboxylic acids is 1. The fourth-order valence-electron chi connectivity index (χ4n) is 3.88. The van der Waals surface area contributed by atoms with Crippen LogP contribution in [0.1, 0.15) is 42.0 Å². The van der Waals surface area contributed by atoms with Gasteiger partial charge in [0.25, 0.3) is 11.5 Å². The van der Waals surface area contributed by atoms with E-state index in [1.807, 2.05) is 6.07 Å². The molecule has 8 nitrogen and oxygen atoms in total. The Balaban J connectivity index is 1.50. The lowest BCUT2D eigenvalue weighted by molar-refractivity contribution is 0.0955. The molecular formula is C23H25N5O3. The third-order valence-electron chi connectivity index (χ3n) is 5.59. The molecule has 1 aromatic heterocycles. The molecule has 31 heavy (non-hydrogen) atoms. The second-order valence-corrected chi connectivity index (χ2v) is 7.43. The summed E-state index contributed by atoms with van der Waals surface area (Å²) in [5, 5.41) is 14.7. The van der Waals surface area contributed by atoms with Crippen LogP contribution in [0, 0.1) is 0 Å². The first-order valence-corrected chi connectivity index (χ1v) is 10.5. The predicted octanol–water partition coefficient (Wildman–Crippen LogP) is 2.66. The molecule has 1 aliphatic heterocycles. The van der Waals surface area contributed by atoms with Crippen molar-refractivity contribution in [3.8, 4) is 5.75 Å². The van der Waals surface area contributed by atoms with Gasteiger partial charge in [-0.2, -0.15) is 5.10 Å². The summed E-state index contributed by atoms with van der Waals surface area (Å²) in [6.45, 7) is 6.48. The SMILES string of the molecule is CCN(CC)c1ccc(/C=N/NC(=O)c2ccc3c(=O)n4c(nc3c2)CCC4)c(O)c1. The maximum absolute atomic E-state index is 12.5. The lowest BCUT2D eigenvalue weighted by atomic mass is 10.1. The van der Waals surface area contributed by atoms with Gasteiger partial charge in [-0.05, 0) is 50.6 Å². The molecule has 2 N–H and O–H groups in total. The summed E-state index contributed by atoms with van der Waals surface area (Å²) in [7, 11) is 0. The Kier molecular flexibility index (Phi) is 5.70. The third-order valence-corrected chi connectivity index (χ3v) is 5.59. The number of anilines is 1. The molecule has 2 aromatic carbocycles. The van der Waals surface area contributed by atoms with E-state index in [1.54, 1.807) is 34.9 Å². The summed E-state index contributed by atoms with van der Waals surface area (Å²) in [6, 6.07) is 10.2. The van der Waals surface area contributed by atoms with Crippen molar-refractivity contribution in [1.82, 2.24) is 15.0 Å². The van der Waals surface area contributed by atoms with E-state index < -0.39 is 5.91 Å². The van der Waals surface area contributed by atoms with Gasteiger partial charge in [0.15, 0.2) is 0 Å². The van der Waals surface area contributed by atoms with E-state index in [0.29, 0.717) is 28.6 Å². The molecule has 0 saturated carbocycles. The molecule has 160 valence electrons. The maximum atomic E-state index is 12.5. The number of nitrogens with one attached hydrogen (secondary N) is 1. The number of phenolic OH excluding ortho intramolecular Hbond substituents is 1. The Bertz CT molecular complexity index is 1230. The van der Waals surface area contributed by atoms with Crippen LogP contribution >= 0.6 is 0 Å². The Labute approximate surface area is 179 Å². The summed E-state index contributed by atoms with van der Waals surface area (Å²) in [5.74, 6) is 0.433. The first kappa shape index (κ1) is 20.6. The number of amides is 1. The van der Waals surface area contributed by atoms with Crippen molar-refractivity contribution >= 4 is 28.7 Å². The summed E-state index contributed by atoms with van der Waals surface area (Å²) in [6.07, 6.45) is 3.07. The molecule has 2 heterocycles. The zero-order valence-corrected chi connectivity index (χ0v) is 17.6. The van der Waals surface area contributed by atoms with E-state index >= 15 is 0 Å². The molecule has 8 heteroatoms. The van der Waals surface area contributed by atoms with Crippen LogP contribution in [-0.4, -0.2) is 39.9 Å². The van der Waals surface area contributed by atoms with Gasteiger partial charge in [-0.25, -0.2) is 10.4 Å². The minimum Gasteiger partial charge on any atom is -0.507 e. The van der Waals surface area contributed by atoms with Crippen molar-refractivity contribution < 1.29 is 9.90 Å². The summed E-state index contributed by atoms with van der Waals surface area (Å²) >= 11 is 0. The van der Waals surface area contributed by atoms with Gasteiger partial charge in [-0.3, -0.25) is 14.2 Å². The number of hydrazone groups is 1. The number of hydrogen-bond acceptors (Lipinski definition) is 6. The number of carbonyl (C=O) groups is 1. The van der Waals surface area contributed by atoms with E-state index in [-0.39, 0.29) is 11.3 Å². The van der Waals surface area contributed by atoms with Crippen molar-refractivity contribution in [3.63, 3.8) is 0 Å². The van der Waals surface area contributed by atoms with Crippen LogP contribution in [-0.2, 0) is 13.0 Å². The quantitative estimate of drug-likeness (QED) is 0.473. The minimum atomic E-state index is -0.417. The van der Waals surface area contributed by atoms with Gasteiger partial charge in [0.2, 0.25) is 0 Å². The van der Waals surface area contributed by atoms with Gasteiger partial charge in [0.05, 0.1) is 17.1 Å². The minimum absolute atomic E-state index is 0.0638. The van der Waals surface area contributed by atoms with Gasteiger partial charge in [0.1, 0.15) is 11.6 Å². The Hall–Kier alpha value is -3.68. The monoisotopic (exact) mass is 419 g/mol. The number of aromatic hydroxyl groups is 1. The fraction of sp³-hybridized carbons (Fsp3) is 0.304. The molecule has 4 rings (SSSR count). The predicted molar refractivity (Wildman–Crippen MR) is 121 cm³/mol. The number of fused-ring (bicyclic) bond motifs is 2. The first-order valence-electron chi connectivity index (χ1n) is 10.5. The molecule has 0 spiro atoms. The molecule has 0 fully saturated rings. The number of benzene rings is 2. The zero-order valence-electron chi connectivity index (χ0n) is 17.6. The largest absolute Gasteiger partial charge is 0.507 e. The number of aryl methyl sites for hydroxylation is 1. The highest BCUT2D eigenvalue weighted by atomic mass is 16.3. The molecule has 1 aliphatic rings. The molecule has 3 aromatic rings. The molecule has 0 saturated heterocycles. The molecule has 0 radical (unpaired) electrons. The van der Waals surface area contributed by atoms with Gasteiger partial charge >= 0.3 is 0 Å². The van der Waals surface area contributed by atoms with E-state index in [2.05, 4.69) is 34.3 Å². The Morgan fingerprint density at radius 3 is 2.81 bits per heavy atom. The third kappa shape index (κ3) is 4.01. The number of phenols is 1. The zero-order chi connectivity index (χ0) is 22.0. The average molecular weight is 419 g/mol. The van der Waals surface area contributed by atoms with Gasteiger partial charge in [0, 0.05) is 48.9 Å². The van der Waals surface area contributed by atoms with Crippen molar-refractivity contribution in [3.05, 3.63) is 63.7 Å². The van der Waals surface area contributed by atoms with Crippen LogP contribution in [0.15, 0.2) is 46.3 Å². The van der Waals surface area contributed by atoms with E-state index in [1.165, 1.54) is 6.21 Å². The topological polar surface area (TPSA) is 99.8 Å². The van der Waals surface area contributed by atoms with Crippen LogP contribution in [0.3, 0.4) is 0 Å². The normalized spacial score (nSPS) is 13.0. The molecule has 1 amide bonds. The average Bonchev–Trinajstić information content (AvgIpc) is 3.24. The Morgan fingerprint density at radius 1 is 1.26 bits per heavy atom. The van der Waals surface area contributed by atoms with E-state index in [9.17, 15) is 14.7 Å². The number of hydrogen-bond donors (Lipinski definition) is 2. The summed E-state index contributed by atoms with van der Waals surface area (Å²) < 4.78 is 1.70.